The average molecular weight is 297 g/mol. The number of amides is 2. The van der Waals surface area contributed by atoms with E-state index < -0.39 is 12.5 Å². The van der Waals surface area contributed by atoms with Crippen molar-refractivity contribution in [2.75, 3.05) is 18.6 Å². The summed E-state index contributed by atoms with van der Waals surface area (Å²) < 4.78 is 10.8. The highest BCUT2D eigenvalue weighted by molar-refractivity contribution is 5.93. The number of hydrogen-bond donors (Lipinski definition) is 1. The summed E-state index contributed by atoms with van der Waals surface area (Å²) in [7, 11) is 1.59. The Kier molecular flexibility index (Phi) is 4.25. The molecule has 2 atom stereocenters. The maximum atomic E-state index is 12.3. The standard InChI is InChI=1S/C14H23N3O4/c1-6-7-20-12-11(18)17(13(19)16(12)5)10-8-9(21-15-10)14(2,3)4/h8,11-12,18H,6-7H2,1-5H3. The summed E-state index contributed by atoms with van der Waals surface area (Å²) in [6, 6.07) is 1.31. The molecule has 2 amide bonds. The van der Waals surface area contributed by atoms with Gasteiger partial charge in [-0.2, -0.15) is 0 Å². The van der Waals surface area contributed by atoms with Gasteiger partial charge in [-0.05, 0) is 6.42 Å². The van der Waals surface area contributed by atoms with Crippen LogP contribution in [0, 0.1) is 0 Å². The zero-order valence-corrected chi connectivity index (χ0v) is 13.2. The summed E-state index contributed by atoms with van der Waals surface area (Å²) in [5.74, 6) is 0.949. The molecular formula is C14H23N3O4. The molecule has 2 unspecified atom stereocenters. The molecule has 1 N–H and O–H groups in total. The molecule has 1 aromatic rings. The Hall–Kier alpha value is -1.60. The fourth-order valence-electron chi connectivity index (χ4n) is 2.12. The number of hydrogen-bond acceptors (Lipinski definition) is 5. The summed E-state index contributed by atoms with van der Waals surface area (Å²) in [6.45, 7) is 8.39. The average Bonchev–Trinajstić information content (AvgIpc) is 2.94. The molecule has 1 aromatic heterocycles. The van der Waals surface area contributed by atoms with Crippen LogP contribution in [0.3, 0.4) is 0 Å². The van der Waals surface area contributed by atoms with E-state index in [0.717, 1.165) is 6.42 Å². The van der Waals surface area contributed by atoms with Gasteiger partial charge in [-0.15, -0.1) is 0 Å². The van der Waals surface area contributed by atoms with E-state index in [4.69, 9.17) is 9.26 Å². The molecule has 0 aliphatic carbocycles. The second kappa shape index (κ2) is 5.65. The minimum absolute atomic E-state index is 0.219. The van der Waals surface area contributed by atoms with Crippen molar-refractivity contribution < 1.29 is 19.2 Å². The zero-order chi connectivity index (χ0) is 15.8. The van der Waals surface area contributed by atoms with E-state index in [9.17, 15) is 9.90 Å². The van der Waals surface area contributed by atoms with E-state index >= 15 is 0 Å². The van der Waals surface area contributed by atoms with Gasteiger partial charge in [0.2, 0.25) is 0 Å². The Morgan fingerprint density at radius 1 is 1.48 bits per heavy atom. The topological polar surface area (TPSA) is 79.0 Å². The minimum Gasteiger partial charge on any atom is -0.369 e. The van der Waals surface area contributed by atoms with Crippen LogP contribution in [0.15, 0.2) is 10.6 Å². The second-order valence-corrected chi connectivity index (χ2v) is 6.24. The fraction of sp³-hybridized carbons (Fsp3) is 0.714. The first-order valence-electron chi connectivity index (χ1n) is 7.10. The monoisotopic (exact) mass is 297 g/mol. The number of aliphatic hydroxyl groups excluding tert-OH is 1. The number of likely N-dealkylation sites (N-methyl/N-ethyl adjacent to an activating group) is 1. The van der Waals surface area contributed by atoms with Crippen molar-refractivity contribution in [2.45, 2.75) is 52.0 Å². The van der Waals surface area contributed by atoms with E-state index in [0.29, 0.717) is 18.2 Å². The van der Waals surface area contributed by atoms with Crippen LogP contribution in [0.4, 0.5) is 10.6 Å². The highest BCUT2D eigenvalue weighted by Crippen LogP contribution is 2.31. The van der Waals surface area contributed by atoms with Crippen molar-refractivity contribution in [3.05, 3.63) is 11.8 Å². The highest BCUT2D eigenvalue weighted by Gasteiger charge is 2.46. The zero-order valence-electron chi connectivity index (χ0n) is 13.2. The molecule has 1 aliphatic rings. The number of carbonyl (C=O) groups excluding carboxylic acids is 1. The van der Waals surface area contributed by atoms with Gasteiger partial charge in [0.05, 0.1) is 0 Å². The predicted octanol–water partition coefficient (Wildman–Crippen LogP) is 1.92. The second-order valence-electron chi connectivity index (χ2n) is 6.24. The van der Waals surface area contributed by atoms with Crippen LogP contribution in [0.25, 0.3) is 0 Å². The normalized spacial score (nSPS) is 23.2. The van der Waals surface area contributed by atoms with Gasteiger partial charge in [0, 0.05) is 25.1 Å². The molecule has 0 bridgehead atoms. The molecule has 0 spiro atoms. The van der Waals surface area contributed by atoms with Crippen LogP contribution in [0.1, 0.15) is 39.9 Å². The lowest BCUT2D eigenvalue weighted by Gasteiger charge is -2.21. The Bertz CT molecular complexity index is 509. The third kappa shape index (κ3) is 2.89. The lowest BCUT2D eigenvalue weighted by Crippen LogP contribution is -2.38. The van der Waals surface area contributed by atoms with Crippen LogP contribution < -0.4 is 4.90 Å². The van der Waals surface area contributed by atoms with Crippen molar-refractivity contribution in [3.8, 4) is 0 Å². The predicted molar refractivity (Wildman–Crippen MR) is 76.9 cm³/mol. The highest BCUT2D eigenvalue weighted by atomic mass is 16.5. The quantitative estimate of drug-likeness (QED) is 0.918. The number of aromatic nitrogens is 1. The lowest BCUT2D eigenvalue weighted by molar-refractivity contribution is -0.0731. The number of carbonyl (C=O) groups is 1. The molecule has 0 aromatic carbocycles. The van der Waals surface area contributed by atoms with Crippen LogP contribution in [-0.2, 0) is 10.2 Å². The van der Waals surface area contributed by atoms with Crippen molar-refractivity contribution in [1.29, 1.82) is 0 Å². The van der Waals surface area contributed by atoms with Gasteiger partial charge in [-0.1, -0.05) is 32.9 Å². The van der Waals surface area contributed by atoms with E-state index in [1.54, 1.807) is 13.1 Å². The van der Waals surface area contributed by atoms with Gasteiger partial charge >= 0.3 is 6.03 Å². The molecule has 2 heterocycles. The summed E-state index contributed by atoms with van der Waals surface area (Å²) >= 11 is 0. The van der Waals surface area contributed by atoms with Gasteiger partial charge in [-0.25, -0.2) is 9.69 Å². The van der Waals surface area contributed by atoms with Crippen LogP contribution >= 0.6 is 0 Å². The number of rotatable bonds is 4. The number of nitrogens with zero attached hydrogens (tertiary/aromatic N) is 3. The molecule has 0 saturated carbocycles. The third-order valence-corrected chi connectivity index (χ3v) is 3.39. The first-order chi connectivity index (χ1) is 9.77. The number of aliphatic hydroxyl groups is 1. The first-order valence-corrected chi connectivity index (χ1v) is 7.10. The van der Waals surface area contributed by atoms with E-state index in [1.807, 2.05) is 27.7 Å². The minimum atomic E-state index is -1.10. The largest absolute Gasteiger partial charge is 0.369 e. The summed E-state index contributed by atoms with van der Waals surface area (Å²) in [6.07, 6.45) is -0.997. The van der Waals surface area contributed by atoms with Gasteiger partial charge in [-0.3, -0.25) is 4.90 Å². The number of ether oxygens (including phenoxy) is 1. The van der Waals surface area contributed by atoms with Gasteiger partial charge < -0.3 is 14.4 Å². The first kappa shape index (κ1) is 15.8. The van der Waals surface area contributed by atoms with Crippen molar-refractivity contribution in [3.63, 3.8) is 0 Å². The number of urea groups is 1. The van der Waals surface area contributed by atoms with E-state index in [-0.39, 0.29) is 11.4 Å². The van der Waals surface area contributed by atoms with Crippen LogP contribution in [0.5, 0.6) is 0 Å². The molecule has 0 radical (unpaired) electrons. The number of anilines is 1. The molecule has 1 aliphatic heterocycles. The van der Waals surface area contributed by atoms with Gasteiger partial charge in [0.1, 0.15) is 5.76 Å². The molecule has 7 heteroatoms. The Labute approximate surface area is 124 Å². The molecule has 21 heavy (non-hydrogen) atoms. The Morgan fingerprint density at radius 2 is 2.14 bits per heavy atom. The maximum absolute atomic E-state index is 12.3. The van der Waals surface area contributed by atoms with E-state index in [1.165, 1.54) is 9.80 Å². The van der Waals surface area contributed by atoms with Crippen LogP contribution in [-0.4, -0.2) is 47.3 Å². The molecule has 118 valence electrons. The van der Waals surface area contributed by atoms with E-state index in [2.05, 4.69) is 5.16 Å². The molecule has 1 fully saturated rings. The summed E-state index contributed by atoms with van der Waals surface area (Å²) in [5, 5.41) is 14.2. The summed E-state index contributed by atoms with van der Waals surface area (Å²) in [5.41, 5.74) is -0.219. The molecule has 2 rings (SSSR count). The Morgan fingerprint density at radius 3 is 2.67 bits per heavy atom. The molecular weight excluding hydrogens is 274 g/mol. The van der Waals surface area contributed by atoms with Gasteiger partial charge in [0.15, 0.2) is 18.3 Å². The fourth-order valence-corrected chi connectivity index (χ4v) is 2.12. The molecule has 1 saturated heterocycles. The third-order valence-electron chi connectivity index (χ3n) is 3.39. The molecule has 7 nitrogen and oxygen atoms in total. The van der Waals surface area contributed by atoms with Crippen molar-refractivity contribution >= 4 is 11.8 Å². The van der Waals surface area contributed by atoms with Gasteiger partial charge in [0.25, 0.3) is 0 Å². The van der Waals surface area contributed by atoms with Crippen LogP contribution in [0.2, 0.25) is 0 Å². The van der Waals surface area contributed by atoms with Crippen molar-refractivity contribution in [2.24, 2.45) is 0 Å². The lowest BCUT2D eigenvalue weighted by atomic mass is 9.93. The smallest absolute Gasteiger partial charge is 0.330 e. The summed E-state index contributed by atoms with van der Waals surface area (Å²) in [4.78, 5) is 14.8. The SMILES string of the molecule is CCCOC1C(O)N(c2cc(C(C)(C)C)on2)C(=O)N1C. The van der Waals surface area contributed by atoms with Crippen molar-refractivity contribution in [1.82, 2.24) is 10.1 Å². The maximum Gasteiger partial charge on any atom is 0.330 e. The Balaban J connectivity index is 2.23.